The molecular formula is C85H166O17P2. The minimum Gasteiger partial charge on any atom is -0.462 e. The lowest BCUT2D eigenvalue weighted by Gasteiger charge is -2.21. The minimum absolute atomic E-state index is 0.107. The van der Waals surface area contributed by atoms with Crippen LogP contribution in [0.3, 0.4) is 0 Å². The predicted octanol–water partition coefficient (Wildman–Crippen LogP) is 25.8. The zero-order valence-corrected chi connectivity index (χ0v) is 70.1. The Bertz CT molecular complexity index is 1990. The van der Waals surface area contributed by atoms with Gasteiger partial charge in [0, 0.05) is 25.7 Å². The highest BCUT2D eigenvalue weighted by Crippen LogP contribution is 2.45. The number of rotatable bonds is 84. The van der Waals surface area contributed by atoms with Crippen LogP contribution in [0, 0.1) is 11.8 Å². The first kappa shape index (κ1) is 102. The van der Waals surface area contributed by atoms with E-state index in [1.807, 2.05) is 0 Å². The summed E-state index contributed by atoms with van der Waals surface area (Å²) in [7, 11) is -9.92. The molecule has 5 atom stereocenters. The van der Waals surface area contributed by atoms with E-state index in [9.17, 15) is 43.2 Å². The molecule has 0 aromatic carbocycles. The highest BCUT2D eigenvalue weighted by Gasteiger charge is 2.30. The van der Waals surface area contributed by atoms with Gasteiger partial charge in [0.15, 0.2) is 12.2 Å². The summed E-state index contributed by atoms with van der Waals surface area (Å²) in [5.41, 5.74) is 0. The maximum atomic E-state index is 13.1. The van der Waals surface area contributed by atoms with Gasteiger partial charge in [-0.1, -0.05) is 401 Å². The van der Waals surface area contributed by atoms with Crippen molar-refractivity contribution >= 4 is 39.5 Å². The number of hydrogen-bond acceptors (Lipinski definition) is 15. The van der Waals surface area contributed by atoms with Crippen molar-refractivity contribution in [2.45, 2.75) is 471 Å². The average molecular weight is 1520 g/mol. The molecule has 0 spiro atoms. The fourth-order valence-corrected chi connectivity index (χ4v) is 14.8. The number of carbonyl (C=O) groups excluding carboxylic acids is 4. The summed E-state index contributed by atoms with van der Waals surface area (Å²) in [4.78, 5) is 73.1. The number of carbonyl (C=O) groups is 4. The second-order valence-electron chi connectivity index (χ2n) is 31.5. The van der Waals surface area contributed by atoms with Crippen LogP contribution in [-0.4, -0.2) is 96.7 Å². The Morgan fingerprint density at radius 1 is 0.260 bits per heavy atom. The standard InChI is InChI=1S/C85H166O17P2/c1-7-9-11-13-15-17-19-21-23-24-25-26-30-33-37-40-44-48-55-61-67-82(87)95-73-80(101-84(89)70-64-58-50-46-42-38-34-31-28-27-29-32-35-39-43-47-53-59-65-77(3)4)75-99-103(91,92)97-71-79(86)72-98-104(93,94)100-76-81(74-96-83(88)68-62-56-52-51-54-60-66-78(5)6)102-85(90)69-63-57-49-45-41-36-22-20-18-16-14-12-10-8-2/h77-81,86H,7-76H2,1-6H3,(H,91,92)(H,93,94)/t79-,80-,81-/m1/s1. The van der Waals surface area contributed by atoms with Gasteiger partial charge in [0.25, 0.3) is 0 Å². The van der Waals surface area contributed by atoms with Crippen LogP contribution >= 0.6 is 15.6 Å². The van der Waals surface area contributed by atoms with Gasteiger partial charge in [-0.3, -0.25) is 37.3 Å². The lowest BCUT2D eigenvalue weighted by molar-refractivity contribution is -0.161. The van der Waals surface area contributed by atoms with Crippen molar-refractivity contribution in [3.8, 4) is 0 Å². The van der Waals surface area contributed by atoms with E-state index in [1.165, 1.54) is 263 Å². The molecule has 618 valence electrons. The van der Waals surface area contributed by atoms with Gasteiger partial charge in [-0.15, -0.1) is 0 Å². The maximum Gasteiger partial charge on any atom is 0.472 e. The molecule has 0 amide bonds. The first-order valence-electron chi connectivity index (χ1n) is 44.0. The summed E-state index contributed by atoms with van der Waals surface area (Å²) in [5.74, 6) is -0.606. The highest BCUT2D eigenvalue weighted by molar-refractivity contribution is 7.47. The van der Waals surface area contributed by atoms with E-state index in [4.69, 9.17) is 37.0 Å². The Labute approximate surface area is 638 Å². The van der Waals surface area contributed by atoms with Gasteiger partial charge in [-0.25, -0.2) is 9.13 Å². The van der Waals surface area contributed by atoms with Gasteiger partial charge in [0.1, 0.15) is 19.3 Å². The largest absolute Gasteiger partial charge is 0.472 e. The summed E-state index contributed by atoms with van der Waals surface area (Å²) >= 11 is 0. The van der Waals surface area contributed by atoms with Crippen molar-refractivity contribution < 1.29 is 80.2 Å². The van der Waals surface area contributed by atoms with Gasteiger partial charge in [-0.2, -0.15) is 0 Å². The van der Waals surface area contributed by atoms with Crippen molar-refractivity contribution in [3.05, 3.63) is 0 Å². The van der Waals surface area contributed by atoms with Crippen LogP contribution in [-0.2, 0) is 65.4 Å². The number of ether oxygens (including phenoxy) is 4. The Morgan fingerprint density at radius 3 is 0.654 bits per heavy atom. The molecule has 0 fully saturated rings. The number of aliphatic hydroxyl groups is 1. The average Bonchev–Trinajstić information content (AvgIpc) is 0.904. The van der Waals surface area contributed by atoms with Gasteiger partial charge >= 0.3 is 39.5 Å². The number of phosphoric acid groups is 2. The second kappa shape index (κ2) is 76.4. The van der Waals surface area contributed by atoms with Gasteiger partial charge in [0.05, 0.1) is 26.4 Å². The summed E-state index contributed by atoms with van der Waals surface area (Å²) in [6.07, 6.45) is 68.3. The molecule has 0 heterocycles. The molecule has 0 aromatic heterocycles. The SMILES string of the molecule is CCCCCCCCCCCCCCCCCCCCCCC(=O)OC[C@H](COP(=O)(O)OC[C@@H](O)COP(=O)(O)OC[C@@H](COC(=O)CCCCCCCCC(C)C)OC(=O)CCCCCCCCCCCCCCCC)OC(=O)CCCCCCCCCCCCCCCCCCCCC(C)C. The van der Waals surface area contributed by atoms with Crippen molar-refractivity contribution in [3.63, 3.8) is 0 Å². The number of hydrogen-bond donors (Lipinski definition) is 3. The maximum absolute atomic E-state index is 13.1. The molecule has 0 rings (SSSR count). The van der Waals surface area contributed by atoms with E-state index in [-0.39, 0.29) is 25.7 Å². The summed E-state index contributed by atoms with van der Waals surface area (Å²) in [6.45, 7) is 9.61. The van der Waals surface area contributed by atoms with Crippen molar-refractivity contribution in [2.75, 3.05) is 39.6 Å². The number of esters is 4. The van der Waals surface area contributed by atoms with Crippen LogP contribution in [0.15, 0.2) is 0 Å². The summed E-state index contributed by atoms with van der Waals surface area (Å²) in [5, 5.41) is 10.7. The van der Waals surface area contributed by atoms with Crippen molar-refractivity contribution in [2.24, 2.45) is 11.8 Å². The molecule has 2 unspecified atom stereocenters. The molecular weight excluding hydrogens is 1350 g/mol. The zero-order chi connectivity index (χ0) is 76.4. The minimum atomic E-state index is -4.96. The smallest absolute Gasteiger partial charge is 0.462 e. The molecule has 0 aliphatic rings. The molecule has 0 aromatic rings. The highest BCUT2D eigenvalue weighted by atomic mass is 31.2. The van der Waals surface area contributed by atoms with Gasteiger partial charge in [0.2, 0.25) is 0 Å². The molecule has 0 aliphatic heterocycles. The van der Waals surface area contributed by atoms with Crippen molar-refractivity contribution in [1.82, 2.24) is 0 Å². The predicted molar refractivity (Wildman–Crippen MR) is 428 cm³/mol. The fourth-order valence-electron chi connectivity index (χ4n) is 13.2. The van der Waals surface area contributed by atoms with Crippen LogP contribution in [0.4, 0.5) is 0 Å². The van der Waals surface area contributed by atoms with E-state index in [0.29, 0.717) is 31.6 Å². The molecule has 0 radical (unpaired) electrons. The van der Waals surface area contributed by atoms with Crippen LogP contribution in [0.1, 0.15) is 452 Å². The van der Waals surface area contributed by atoms with Crippen LogP contribution in [0.5, 0.6) is 0 Å². The zero-order valence-electron chi connectivity index (χ0n) is 68.3. The fraction of sp³-hybridized carbons (Fsp3) is 0.953. The molecule has 17 nitrogen and oxygen atoms in total. The third kappa shape index (κ3) is 78.2. The number of aliphatic hydroxyl groups excluding tert-OH is 1. The number of unbranched alkanes of at least 4 members (excludes halogenated alkanes) is 54. The quantitative estimate of drug-likeness (QED) is 0.0222. The molecule has 0 bridgehead atoms. The second-order valence-corrected chi connectivity index (χ2v) is 34.4. The molecule has 0 saturated heterocycles. The normalized spacial score (nSPS) is 13.8. The van der Waals surface area contributed by atoms with E-state index < -0.39 is 97.5 Å². The van der Waals surface area contributed by atoms with Gasteiger partial charge < -0.3 is 33.8 Å². The third-order valence-electron chi connectivity index (χ3n) is 20.0. The lowest BCUT2D eigenvalue weighted by Crippen LogP contribution is -2.30. The first-order chi connectivity index (χ1) is 50.4. The van der Waals surface area contributed by atoms with E-state index in [1.54, 1.807) is 0 Å². The Morgan fingerprint density at radius 2 is 0.442 bits per heavy atom. The molecule has 0 aliphatic carbocycles. The van der Waals surface area contributed by atoms with Crippen LogP contribution in [0.2, 0.25) is 0 Å². The molecule has 104 heavy (non-hydrogen) atoms. The lowest BCUT2D eigenvalue weighted by atomic mass is 10.0. The molecule has 19 heteroatoms. The summed E-state index contributed by atoms with van der Waals surface area (Å²) in [6, 6.07) is 0. The van der Waals surface area contributed by atoms with E-state index >= 15 is 0 Å². The van der Waals surface area contributed by atoms with Gasteiger partial charge in [-0.05, 0) is 37.5 Å². The third-order valence-corrected chi connectivity index (χ3v) is 21.9. The monoisotopic (exact) mass is 1520 g/mol. The van der Waals surface area contributed by atoms with Crippen LogP contribution < -0.4 is 0 Å². The Hall–Kier alpha value is -1.94. The molecule has 3 N–H and O–H groups in total. The Balaban J connectivity index is 5.20. The topological polar surface area (TPSA) is 237 Å². The first-order valence-corrected chi connectivity index (χ1v) is 47.0. The molecule has 0 saturated carbocycles. The van der Waals surface area contributed by atoms with E-state index in [2.05, 4.69) is 41.5 Å². The summed E-state index contributed by atoms with van der Waals surface area (Å²) < 4.78 is 68.8. The number of phosphoric ester groups is 2. The Kier molecular flexibility index (Phi) is 75.0. The van der Waals surface area contributed by atoms with E-state index in [0.717, 1.165) is 102 Å². The van der Waals surface area contributed by atoms with Crippen molar-refractivity contribution in [1.29, 1.82) is 0 Å². The van der Waals surface area contributed by atoms with Crippen LogP contribution in [0.25, 0.3) is 0 Å².